The second-order valence-corrected chi connectivity index (χ2v) is 7.14. The number of aromatic nitrogens is 1. The number of carbonyl (C=O) groups excluding carboxylic acids is 1. The average molecular weight is 373 g/mol. The third-order valence-corrected chi connectivity index (χ3v) is 5.22. The van der Waals surface area contributed by atoms with Crippen LogP contribution in [0.3, 0.4) is 0 Å². The van der Waals surface area contributed by atoms with Crippen molar-refractivity contribution in [1.82, 2.24) is 4.98 Å². The number of nitrogens with zero attached hydrogens (tertiary/aromatic N) is 1. The zero-order valence-electron chi connectivity index (χ0n) is 12.2. The van der Waals surface area contributed by atoms with E-state index in [1.54, 1.807) is 18.2 Å². The van der Waals surface area contributed by atoms with Gasteiger partial charge in [-0.25, -0.2) is 4.98 Å². The molecule has 0 unspecified atom stereocenters. The van der Waals surface area contributed by atoms with Crippen LogP contribution < -0.4 is 5.32 Å². The molecule has 0 saturated heterocycles. The van der Waals surface area contributed by atoms with Crippen molar-refractivity contribution < 1.29 is 4.79 Å². The smallest absolute Gasteiger partial charge is 0.265 e. The lowest BCUT2D eigenvalue weighted by atomic mass is 10.2. The van der Waals surface area contributed by atoms with Crippen LogP contribution in [-0.2, 0) is 0 Å². The molecule has 3 nitrogen and oxygen atoms in total. The van der Waals surface area contributed by atoms with E-state index in [1.807, 2.05) is 36.4 Å². The minimum atomic E-state index is -0.230. The summed E-state index contributed by atoms with van der Waals surface area (Å²) in [6.45, 7) is 0. The predicted molar refractivity (Wildman–Crippen MR) is 102 cm³/mol. The maximum Gasteiger partial charge on any atom is 0.265 e. The van der Waals surface area contributed by atoms with Crippen LogP contribution in [0.5, 0.6) is 0 Å². The number of para-hydroxylation sites is 1. The molecule has 4 aromatic rings. The van der Waals surface area contributed by atoms with Crippen molar-refractivity contribution in [3.63, 3.8) is 0 Å². The highest BCUT2D eigenvalue weighted by Gasteiger charge is 2.13. The van der Waals surface area contributed by atoms with Gasteiger partial charge in [0.2, 0.25) is 0 Å². The molecule has 2 aromatic heterocycles. The van der Waals surface area contributed by atoms with E-state index >= 15 is 0 Å². The Morgan fingerprint density at radius 3 is 2.71 bits per heavy atom. The molecule has 0 bridgehead atoms. The molecule has 0 spiro atoms. The fourth-order valence-corrected chi connectivity index (χ4v) is 3.72. The van der Waals surface area contributed by atoms with Crippen molar-refractivity contribution in [2.45, 2.75) is 0 Å². The highest BCUT2D eigenvalue weighted by Crippen LogP contribution is 2.30. The maximum absolute atomic E-state index is 12.5. The van der Waals surface area contributed by atoms with E-state index in [4.69, 9.17) is 23.2 Å². The number of hydrogen-bond donors (Lipinski definition) is 1. The molecule has 2 aromatic carbocycles. The molecule has 6 heteroatoms. The molecule has 0 fully saturated rings. The Bertz CT molecular complexity index is 1040. The van der Waals surface area contributed by atoms with Crippen LogP contribution >= 0.6 is 34.5 Å². The first-order chi connectivity index (χ1) is 11.6. The summed E-state index contributed by atoms with van der Waals surface area (Å²) in [4.78, 5) is 18.5. The van der Waals surface area contributed by atoms with Gasteiger partial charge in [0.1, 0.15) is 4.83 Å². The normalized spacial score (nSPS) is 11.1. The second kappa shape index (κ2) is 6.06. The van der Waals surface area contributed by atoms with Crippen molar-refractivity contribution in [2.75, 3.05) is 5.32 Å². The number of benzene rings is 2. The molecule has 0 radical (unpaired) electrons. The van der Waals surface area contributed by atoms with E-state index in [-0.39, 0.29) is 5.91 Å². The van der Waals surface area contributed by atoms with Gasteiger partial charge in [-0.3, -0.25) is 4.79 Å². The van der Waals surface area contributed by atoms with Gasteiger partial charge >= 0.3 is 0 Å². The highest BCUT2D eigenvalue weighted by atomic mass is 35.5. The van der Waals surface area contributed by atoms with E-state index in [0.717, 1.165) is 21.1 Å². The summed E-state index contributed by atoms with van der Waals surface area (Å²) >= 11 is 13.4. The van der Waals surface area contributed by atoms with E-state index in [1.165, 1.54) is 11.3 Å². The number of nitrogens with one attached hydrogen (secondary N) is 1. The average Bonchev–Trinajstić information content (AvgIpc) is 2.99. The molecule has 0 aliphatic rings. The summed E-state index contributed by atoms with van der Waals surface area (Å²) in [5.74, 6) is -0.230. The fraction of sp³-hybridized carbons (Fsp3) is 0. The first-order valence-corrected chi connectivity index (χ1v) is 8.73. The Kier molecular flexibility index (Phi) is 3.88. The summed E-state index contributed by atoms with van der Waals surface area (Å²) in [5.41, 5.74) is 1.40. The number of fused-ring (bicyclic) bond motifs is 2. The molecule has 118 valence electrons. The molecule has 1 amide bonds. The van der Waals surface area contributed by atoms with Gasteiger partial charge in [0, 0.05) is 15.8 Å². The van der Waals surface area contributed by atoms with Gasteiger partial charge in [0.25, 0.3) is 5.91 Å². The SMILES string of the molecule is O=C(Nc1cc(Cl)ccc1Cl)c1cc2cc3ccccc3nc2s1. The Balaban J connectivity index is 1.71. The van der Waals surface area contributed by atoms with Crippen LogP contribution in [0.1, 0.15) is 9.67 Å². The number of carbonyl (C=O) groups is 1. The van der Waals surface area contributed by atoms with Gasteiger partial charge in [-0.2, -0.15) is 0 Å². The van der Waals surface area contributed by atoms with Crippen LogP contribution in [-0.4, -0.2) is 10.9 Å². The number of hydrogen-bond acceptors (Lipinski definition) is 3. The van der Waals surface area contributed by atoms with Gasteiger partial charge in [-0.15, -0.1) is 11.3 Å². The molecule has 2 heterocycles. The first-order valence-electron chi connectivity index (χ1n) is 7.16. The second-order valence-electron chi connectivity index (χ2n) is 5.26. The molecule has 0 aliphatic heterocycles. The first kappa shape index (κ1) is 15.4. The van der Waals surface area contributed by atoms with E-state index in [0.29, 0.717) is 20.6 Å². The lowest BCUT2D eigenvalue weighted by Crippen LogP contribution is -2.10. The molecular formula is C18H10Cl2N2OS. The van der Waals surface area contributed by atoms with Gasteiger partial charge in [0.05, 0.1) is 21.1 Å². The topological polar surface area (TPSA) is 42.0 Å². The zero-order chi connectivity index (χ0) is 16.7. The summed E-state index contributed by atoms with van der Waals surface area (Å²) in [5, 5.41) is 5.75. The standard InChI is InChI=1S/C18H10Cl2N2OS/c19-12-5-6-13(20)15(9-12)21-17(23)16-8-11-7-10-3-1-2-4-14(10)22-18(11)24-16/h1-9H,(H,21,23). The number of thiophene rings is 1. The summed E-state index contributed by atoms with van der Waals surface area (Å²) in [7, 11) is 0. The monoisotopic (exact) mass is 372 g/mol. The minimum absolute atomic E-state index is 0.230. The Morgan fingerprint density at radius 2 is 1.83 bits per heavy atom. The number of halogens is 2. The minimum Gasteiger partial charge on any atom is -0.320 e. The van der Waals surface area contributed by atoms with Crippen LogP contribution in [0.25, 0.3) is 21.1 Å². The van der Waals surface area contributed by atoms with Gasteiger partial charge in [0.15, 0.2) is 0 Å². The maximum atomic E-state index is 12.5. The van der Waals surface area contributed by atoms with E-state index in [9.17, 15) is 4.79 Å². The van der Waals surface area contributed by atoms with E-state index in [2.05, 4.69) is 10.3 Å². The number of amides is 1. The number of anilines is 1. The van der Waals surface area contributed by atoms with Crippen molar-refractivity contribution in [3.8, 4) is 0 Å². The number of pyridine rings is 1. The Labute approximate surface area is 151 Å². The predicted octanol–water partition coefficient (Wildman–Crippen LogP) is 6.01. The van der Waals surface area contributed by atoms with Crippen LogP contribution in [0.15, 0.2) is 54.6 Å². The van der Waals surface area contributed by atoms with Crippen LogP contribution in [0.2, 0.25) is 10.0 Å². The van der Waals surface area contributed by atoms with Crippen LogP contribution in [0, 0.1) is 0 Å². The summed E-state index contributed by atoms with van der Waals surface area (Å²) in [6, 6.07) is 16.7. The zero-order valence-corrected chi connectivity index (χ0v) is 14.5. The Hall–Kier alpha value is -2.14. The quantitative estimate of drug-likeness (QED) is 0.468. The van der Waals surface area contributed by atoms with Crippen molar-refractivity contribution in [2.24, 2.45) is 0 Å². The summed E-state index contributed by atoms with van der Waals surface area (Å²) in [6.07, 6.45) is 0. The van der Waals surface area contributed by atoms with E-state index < -0.39 is 0 Å². The van der Waals surface area contributed by atoms with Crippen molar-refractivity contribution >= 4 is 67.3 Å². The third kappa shape index (κ3) is 2.84. The molecule has 0 saturated carbocycles. The molecule has 0 atom stereocenters. The Morgan fingerprint density at radius 1 is 1.00 bits per heavy atom. The molecular weight excluding hydrogens is 363 g/mol. The van der Waals surface area contributed by atoms with Crippen LogP contribution in [0.4, 0.5) is 5.69 Å². The molecule has 4 rings (SSSR count). The largest absolute Gasteiger partial charge is 0.320 e. The fourth-order valence-electron chi connectivity index (χ4n) is 2.46. The van der Waals surface area contributed by atoms with Gasteiger partial charge in [-0.05, 0) is 36.4 Å². The third-order valence-electron chi connectivity index (χ3n) is 3.61. The lowest BCUT2D eigenvalue weighted by molar-refractivity contribution is 0.103. The van der Waals surface area contributed by atoms with Crippen molar-refractivity contribution in [3.05, 3.63) is 69.5 Å². The summed E-state index contributed by atoms with van der Waals surface area (Å²) < 4.78 is 0. The molecule has 0 aliphatic carbocycles. The lowest BCUT2D eigenvalue weighted by Gasteiger charge is -2.06. The molecule has 24 heavy (non-hydrogen) atoms. The number of rotatable bonds is 2. The molecule has 1 N–H and O–H groups in total. The van der Waals surface area contributed by atoms with Gasteiger partial charge < -0.3 is 5.32 Å². The van der Waals surface area contributed by atoms with Crippen molar-refractivity contribution in [1.29, 1.82) is 0 Å². The highest BCUT2D eigenvalue weighted by molar-refractivity contribution is 7.20. The van der Waals surface area contributed by atoms with Gasteiger partial charge in [-0.1, -0.05) is 41.4 Å².